The van der Waals surface area contributed by atoms with E-state index in [0.717, 1.165) is 6.07 Å². The Balaban J connectivity index is 1.84. The molecular weight excluding hydrogens is 371 g/mol. The highest BCUT2D eigenvalue weighted by Crippen LogP contribution is 2.22. The molecule has 0 saturated carbocycles. The minimum absolute atomic E-state index is 0.0694. The topological polar surface area (TPSA) is 58.6 Å². The van der Waals surface area contributed by atoms with Gasteiger partial charge in [-0.15, -0.1) is 0 Å². The lowest BCUT2D eigenvalue weighted by Gasteiger charge is -2.35. The lowest BCUT2D eigenvalue weighted by molar-refractivity contribution is -0.0585. The Kier molecular flexibility index (Phi) is 5.77. The number of hydrogen-bond acceptors (Lipinski definition) is 3. The molecule has 27 heavy (non-hydrogen) atoms. The van der Waals surface area contributed by atoms with Crippen LogP contribution in [0.4, 0.5) is 10.1 Å². The number of nitrogens with one attached hydrogen (secondary N) is 1. The van der Waals surface area contributed by atoms with E-state index in [9.17, 15) is 14.0 Å². The predicted octanol–water partition coefficient (Wildman–Crippen LogP) is 3.98. The van der Waals surface area contributed by atoms with Gasteiger partial charge in [-0.2, -0.15) is 0 Å². The zero-order valence-electron chi connectivity index (χ0n) is 15.0. The van der Waals surface area contributed by atoms with Gasteiger partial charge in [0.2, 0.25) is 0 Å². The summed E-state index contributed by atoms with van der Waals surface area (Å²) in [6, 6.07) is 10.4. The van der Waals surface area contributed by atoms with Crippen LogP contribution in [0.15, 0.2) is 42.5 Å². The number of ether oxygens (including phenoxy) is 1. The molecule has 1 fully saturated rings. The molecule has 2 aromatic carbocycles. The first-order valence-corrected chi connectivity index (χ1v) is 9.03. The van der Waals surface area contributed by atoms with E-state index in [1.54, 1.807) is 29.2 Å². The first-order valence-electron chi connectivity index (χ1n) is 8.65. The summed E-state index contributed by atoms with van der Waals surface area (Å²) in [6.45, 7) is 4.75. The van der Waals surface area contributed by atoms with Gasteiger partial charge in [0, 0.05) is 18.1 Å². The summed E-state index contributed by atoms with van der Waals surface area (Å²) < 4.78 is 19.6. The zero-order valence-corrected chi connectivity index (χ0v) is 15.8. The number of amides is 2. The highest BCUT2D eigenvalue weighted by molar-refractivity contribution is 6.31. The maximum atomic E-state index is 14.0. The van der Waals surface area contributed by atoms with Gasteiger partial charge in [-0.1, -0.05) is 23.7 Å². The van der Waals surface area contributed by atoms with Crippen molar-refractivity contribution in [1.29, 1.82) is 0 Å². The van der Waals surface area contributed by atoms with E-state index in [-0.39, 0.29) is 28.7 Å². The molecule has 0 radical (unpaired) electrons. The van der Waals surface area contributed by atoms with E-state index in [1.165, 1.54) is 12.1 Å². The molecule has 1 saturated heterocycles. The molecule has 1 aliphatic rings. The number of nitrogens with zero attached hydrogens (tertiary/aromatic N) is 1. The van der Waals surface area contributed by atoms with Gasteiger partial charge >= 0.3 is 0 Å². The number of rotatable bonds is 3. The summed E-state index contributed by atoms with van der Waals surface area (Å²) in [5.41, 5.74) is 0.478. The fourth-order valence-electron chi connectivity index (χ4n) is 3.15. The van der Waals surface area contributed by atoms with Gasteiger partial charge in [0.1, 0.15) is 5.82 Å². The molecule has 2 aromatic rings. The summed E-state index contributed by atoms with van der Waals surface area (Å²) in [5, 5.41) is 2.87. The van der Waals surface area contributed by atoms with E-state index in [2.05, 4.69) is 5.32 Å². The normalized spacial score (nSPS) is 19.6. The first kappa shape index (κ1) is 19.3. The zero-order chi connectivity index (χ0) is 19.6. The lowest BCUT2D eigenvalue weighted by Crippen LogP contribution is -2.48. The second kappa shape index (κ2) is 8.06. The lowest BCUT2D eigenvalue weighted by atomic mass is 10.1. The fraction of sp³-hybridized carbons (Fsp3) is 0.300. The van der Waals surface area contributed by atoms with Crippen molar-refractivity contribution in [2.45, 2.75) is 26.1 Å². The van der Waals surface area contributed by atoms with Crippen LogP contribution in [0.25, 0.3) is 0 Å². The van der Waals surface area contributed by atoms with Gasteiger partial charge in [0.05, 0.1) is 29.0 Å². The van der Waals surface area contributed by atoms with Crippen molar-refractivity contribution in [1.82, 2.24) is 4.90 Å². The number of carbonyl (C=O) groups excluding carboxylic acids is 2. The van der Waals surface area contributed by atoms with E-state index < -0.39 is 11.7 Å². The van der Waals surface area contributed by atoms with Crippen molar-refractivity contribution >= 4 is 29.1 Å². The van der Waals surface area contributed by atoms with Crippen molar-refractivity contribution in [2.24, 2.45) is 0 Å². The number of para-hydroxylation sites is 1. The van der Waals surface area contributed by atoms with Gasteiger partial charge < -0.3 is 15.0 Å². The monoisotopic (exact) mass is 390 g/mol. The van der Waals surface area contributed by atoms with Crippen LogP contribution in [0.1, 0.15) is 34.6 Å². The fourth-order valence-corrected chi connectivity index (χ4v) is 3.33. The molecule has 142 valence electrons. The first-order chi connectivity index (χ1) is 12.8. The van der Waals surface area contributed by atoms with Crippen LogP contribution in [0.3, 0.4) is 0 Å². The quantitative estimate of drug-likeness (QED) is 0.862. The Hall–Kier alpha value is -2.44. The molecule has 0 aliphatic carbocycles. The van der Waals surface area contributed by atoms with Crippen LogP contribution in [0.5, 0.6) is 0 Å². The third kappa shape index (κ3) is 4.46. The summed E-state index contributed by atoms with van der Waals surface area (Å²) >= 11 is 5.86. The summed E-state index contributed by atoms with van der Waals surface area (Å²) in [4.78, 5) is 27.2. The second-order valence-electron chi connectivity index (χ2n) is 6.59. The summed E-state index contributed by atoms with van der Waals surface area (Å²) in [6.07, 6.45) is -0.139. The predicted molar refractivity (Wildman–Crippen MR) is 102 cm³/mol. The molecule has 0 unspecified atom stereocenters. The van der Waals surface area contributed by atoms with Crippen LogP contribution >= 0.6 is 11.6 Å². The van der Waals surface area contributed by atoms with E-state index in [1.807, 2.05) is 13.8 Å². The smallest absolute Gasteiger partial charge is 0.258 e. The number of carbonyl (C=O) groups is 2. The molecule has 0 aromatic heterocycles. The molecule has 5 nitrogen and oxygen atoms in total. The highest BCUT2D eigenvalue weighted by Gasteiger charge is 2.28. The van der Waals surface area contributed by atoms with E-state index in [0.29, 0.717) is 24.3 Å². The molecule has 0 bridgehead atoms. The third-order valence-corrected chi connectivity index (χ3v) is 4.52. The van der Waals surface area contributed by atoms with Gasteiger partial charge in [0.15, 0.2) is 0 Å². The Bertz CT molecular complexity index is 864. The van der Waals surface area contributed by atoms with E-state index in [4.69, 9.17) is 16.3 Å². The van der Waals surface area contributed by atoms with Gasteiger partial charge in [0.25, 0.3) is 11.8 Å². The average molecular weight is 391 g/mol. The van der Waals surface area contributed by atoms with Crippen LogP contribution in [-0.2, 0) is 4.74 Å². The molecule has 1 N–H and O–H groups in total. The average Bonchev–Trinajstić information content (AvgIpc) is 2.62. The summed E-state index contributed by atoms with van der Waals surface area (Å²) in [5.74, 6) is -1.56. The molecule has 2 amide bonds. The Labute approximate surface area is 162 Å². The van der Waals surface area contributed by atoms with Gasteiger partial charge in [-0.3, -0.25) is 9.59 Å². The maximum Gasteiger partial charge on any atom is 0.258 e. The minimum atomic E-state index is -0.684. The number of hydrogen-bond donors (Lipinski definition) is 1. The molecule has 2 atom stereocenters. The van der Waals surface area contributed by atoms with E-state index >= 15 is 0 Å². The van der Waals surface area contributed by atoms with Crippen molar-refractivity contribution in [3.8, 4) is 0 Å². The van der Waals surface area contributed by atoms with Crippen LogP contribution in [-0.4, -0.2) is 42.0 Å². The van der Waals surface area contributed by atoms with Crippen molar-refractivity contribution in [2.75, 3.05) is 18.4 Å². The Morgan fingerprint density at radius 2 is 1.78 bits per heavy atom. The third-order valence-electron chi connectivity index (χ3n) is 4.29. The van der Waals surface area contributed by atoms with Gasteiger partial charge in [-0.25, -0.2) is 4.39 Å². The number of halogens is 2. The SMILES string of the molecule is C[C@@H]1CN(C(=O)c2ccccc2NC(=O)c2cc(Cl)ccc2F)C[C@H](C)O1. The largest absolute Gasteiger partial charge is 0.372 e. The number of anilines is 1. The second-order valence-corrected chi connectivity index (χ2v) is 7.03. The van der Waals surface area contributed by atoms with Crippen LogP contribution in [0.2, 0.25) is 5.02 Å². The van der Waals surface area contributed by atoms with Gasteiger partial charge in [-0.05, 0) is 44.2 Å². The molecular formula is C20H20ClFN2O3. The molecule has 0 spiro atoms. The standard InChI is InChI=1S/C20H20ClFN2O3/c1-12-10-24(11-13(2)27-12)20(26)15-5-3-4-6-18(15)23-19(25)16-9-14(21)7-8-17(16)22/h3-9,12-13H,10-11H2,1-2H3,(H,23,25)/t12-,13+. The Morgan fingerprint density at radius 3 is 2.48 bits per heavy atom. The van der Waals surface area contributed by atoms with Crippen molar-refractivity contribution in [3.63, 3.8) is 0 Å². The highest BCUT2D eigenvalue weighted by atomic mass is 35.5. The summed E-state index contributed by atoms with van der Waals surface area (Å²) in [7, 11) is 0. The number of benzene rings is 2. The Morgan fingerprint density at radius 1 is 1.11 bits per heavy atom. The van der Waals surface area contributed by atoms with Crippen molar-refractivity contribution in [3.05, 3.63) is 64.4 Å². The van der Waals surface area contributed by atoms with Crippen LogP contribution in [0, 0.1) is 5.82 Å². The molecule has 7 heteroatoms. The number of morpholine rings is 1. The minimum Gasteiger partial charge on any atom is -0.372 e. The maximum absolute atomic E-state index is 14.0. The molecule has 1 aliphatic heterocycles. The van der Waals surface area contributed by atoms with Crippen LogP contribution < -0.4 is 5.32 Å². The van der Waals surface area contributed by atoms with Crippen molar-refractivity contribution < 1.29 is 18.7 Å². The molecule has 1 heterocycles. The molecule has 3 rings (SSSR count).